The summed E-state index contributed by atoms with van der Waals surface area (Å²) < 4.78 is 4.98. The van der Waals surface area contributed by atoms with Gasteiger partial charge < -0.3 is 15.4 Å². The van der Waals surface area contributed by atoms with Crippen molar-refractivity contribution in [3.63, 3.8) is 0 Å². The van der Waals surface area contributed by atoms with E-state index in [-0.39, 0.29) is 23.8 Å². The van der Waals surface area contributed by atoms with E-state index in [9.17, 15) is 9.59 Å². The lowest BCUT2D eigenvalue weighted by Gasteiger charge is -2.15. The lowest BCUT2D eigenvalue weighted by Crippen LogP contribution is -2.33. The lowest BCUT2D eigenvalue weighted by atomic mass is 10.1. The molecule has 1 aromatic rings. The Balaban J connectivity index is 2.80. The molecule has 0 aliphatic rings. The number of carbonyl (C=O) groups is 2. The predicted octanol–water partition coefficient (Wildman–Crippen LogP) is 3.09. The van der Waals surface area contributed by atoms with Gasteiger partial charge in [-0.05, 0) is 31.5 Å². The van der Waals surface area contributed by atoms with Gasteiger partial charge in [-0.1, -0.05) is 25.4 Å². The Labute approximate surface area is 136 Å². The second-order valence-electron chi connectivity index (χ2n) is 5.49. The predicted molar refractivity (Wildman–Crippen MR) is 88.3 cm³/mol. The van der Waals surface area contributed by atoms with Crippen LogP contribution in [0.3, 0.4) is 0 Å². The first kappa shape index (κ1) is 18.5. The molecule has 0 unspecified atom stereocenters. The number of carbonyl (C=O) groups excluding carboxylic acids is 2. The molecule has 0 radical (unpaired) electrons. The first-order valence-electron chi connectivity index (χ1n) is 7.25. The number of hydrogen-bond acceptors (Lipinski definition) is 3. The highest BCUT2D eigenvalue weighted by molar-refractivity contribution is 6.34. The van der Waals surface area contributed by atoms with Gasteiger partial charge in [-0.3, -0.25) is 9.59 Å². The summed E-state index contributed by atoms with van der Waals surface area (Å²) in [5, 5.41) is 5.96. The summed E-state index contributed by atoms with van der Waals surface area (Å²) in [6, 6.07) is 4.83. The third-order valence-electron chi connectivity index (χ3n) is 3.14. The highest BCUT2D eigenvalue weighted by atomic mass is 35.5. The largest absolute Gasteiger partial charge is 0.385 e. The van der Waals surface area contributed by atoms with E-state index in [0.717, 1.165) is 0 Å². The van der Waals surface area contributed by atoms with Gasteiger partial charge in [0.1, 0.15) is 0 Å². The van der Waals surface area contributed by atoms with Gasteiger partial charge in [0.05, 0.1) is 10.6 Å². The average molecular weight is 327 g/mol. The number of nitrogens with one attached hydrogen (secondary N) is 2. The molecule has 2 N–H and O–H groups in total. The van der Waals surface area contributed by atoms with Gasteiger partial charge in [-0.15, -0.1) is 0 Å². The molecule has 22 heavy (non-hydrogen) atoms. The molecule has 122 valence electrons. The van der Waals surface area contributed by atoms with Crippen molar-refractivity contribution in [2.45, 2.75) is 33.2 Å². The number of anilines is 1. The number of benzene rings is 1. The van der Waals surface area contributed by atoms with Crippen molar-refractivity contribution in [3.8, 4) is 0 Å². The molecule has 1 aromatic carbocycles. The van der Waals surface area contributed by atoms with Gasteiger partial charge in [0.15, 0.2) is 0 Å². The van der Waals surface area contributed by atoms with Crippen molar-refractivity contribution in [2.75, 3.05) is 19.0 Å². The zero-order chi connectivity index (χ0) is 16.7. The fraction of sp³-hybridized carbons (Fsp3) is 0.500. The van der Waals surface area contributed by atoms with Gasteiger partial charge in [0.2, 0.25) is 5.91 Å². The van der Waals surface area contributed by atoms with Crippen LogP contribution in [0.4, 0.5) is 5.69 Å². The molecular weight excluding hydrogens is 304 g/mol. The minimum absolute atomic E-state index is 0.0302. The van der Waals surface area contributed by atoms with Gasteiger partial charge in [-0.2, -0.15) is 0 Å². The van der Waals surface area contributed by atoms with Crippen LogP contribution < -0.4 is 10.6 Å². The topological polar surface area (TPSA) is 67.4 Å². The van der Waals surface area contributed by atoms with E-state index in [4.69, 9.17) is 16.3 Å². The van der Waals surface area contributed by atoms with Crippen molar-refractivity contribution in [1.82, 2.24) is 5.32 Å². The molecule has 0 saturated carbocycles. The Morgan fingerprint density at radius 2 is 1.95 bits per heavy atom. The Morgan fingerprint density at radius 1 is 1.27 bits per heavy atom. The summed E-state index contributed by atoms with van der Waals surface area (Å²) >= 11 is 6.08. The minimum Gasteiger partial charge on any atom is -0.385 e. The molecule has 0 bridgehead atoms. The summed E-state index contributed by atoms with van der Waals surface area (Å²) in [6.07, 6.45) is 0.712. The Kier molecular flexibility index (Phi) is 7.35. The maximum absolute atomic E-state index is 12.3. The maximum Gasteiger partial charge on any atom is 0.253 e. The summed E-state index contributed by atoms with van der Waals surface area (Å²) in [5.74, 6) is -0.515. The van der Waals surface area contributed by atoms with Crippen molar-refractivity contribution in [3.05, 3.63) is 28.8 Å². The smallest absolute Gasteiger partial charge is 0.253 e. The highest BCUT2D eigenvalue weighted by Gasteiger charge is 2.15. The molecule has 2 amide bonds. The van der Waals surface area contributed by atoms with Crippen LogP contribution in [-0.4, -0.2) is 31.6 Å². The van der Waals surface area contributed by atoms with Crippen LogP contribution in [0, 0.1) is 5.92 Å². The minimum atomic E-state index is -0.269. The van der Waals surface area contributed by atoms with E-state index in [2.05, 4.69) is 10.6 Å². The molecule has 0 spiro atoms. The van der Waals surface area contributed by atoms with Crippen molar-refractivity contribution >= 4 is 29.1 Å². The second-order valence-corrected chi connectivity index (χ2v) is 5.90. The van der Waals surface area contributed by atoms with E-state index in [0.29, 0.717) is 29.3 Å². The van der Waals surface area contributed by atoms with E-state index >= 15 is 0 Å². The van der Waals surface area contributed by atoms with Gasteiger partial charge in [0, 0.05) is 31.4 Å². The Bertz CT molecular complexity index is 532. The standard InChI is InChI=1S/C16H23ClN2O3/c1-10(2)15(20)19-12-5-6-14(17)13(9-12)16(21)18-11(3)7-8-22-4/h5-6,9-11H,7-8H2,1-4H3,(H,18,21)(H,19,20)/t11-/m0/s1. The van der Waals surface area contributed by atoms with Crippen LogP contribution in [0.15, 0.2) is 18.2 Å². The SMILES string of the molecule is COCC[C@H](C)NC(=O)c1cc(NC(=O)C(C)C)ccc1Cl. The summed E-state index contributed by atoms with van der Waals surface area (Å²) in [7, 11) is 1.62. The van der Waals surface area contributed by atoms with Crippen LogP contribution >= 0.6 is 11.6 Å². The summed E-state index contributed by atoms with van der Waals surface area (Å²) in [4.78, 5) is 24.0. The van der Waals surface area contributed by atoms with Crippen LogP contribution in [0.25, 0.3) is 0 Å². The molecule has 5 nitrogen and oxygen atoms in total. The molecule has 6 heteroatoms. The zero-order valence-electron chi connectivity index (χ0n) is 13.4. The second kappa shape index (κ2) is 8.76. The van der Waals surface area contributed by atoms with Crippen LogP contribution in [0.2, 0.25) is 5.02 Å². The normalized spacial score (nSPS) is 12.1. The van der Waals surface area contributed by atoms with Crippen LogP contribution in [-0.2, 0) is 9.53 Å². The molecule has 1 atom stereocenters. The Hall–Kier alpha value is -1.59. The number of methoxy groups -OCH3 is 1. The molecule has 1 rings (SSSR count). The summed E-state index contributed by atoms with van der Waals surface area (Å²) in [5.41, 5.74) is 0.894. The molecule has 0 saturated heterocycles. The quantitative estimate of drug-likeness (QED) is 0.809. The number of halogens is 1. The monoisotopic (exact) mass is 326 g/mol. The lowest BCUT2D eigenvalue weighted by molar-refractivity contribution is -0.118. The first-order valence-corrected chi connectivity index (χ1v) is 7.63. The number of amides is 2. The van der Waals surface area contributed by atoms with E-state index in [1.807, 2.05) is 6.92 Å². The van der Waals surface area contributed by atoms with Gasteiger partial charge in [0.25, 0.3) is 5.91 Å². The van der Waals surface area contributed by atoms with Crippen molar-refractivity contribution in [1.29, 1.82) is 0 Å². The van der Waals surface area contributed by atoms with Crippen molar-refractivity contribution < 1.29 is 14.3 Å². The van der Waals surface area contributed by atoms with E-state index < -0.39 is 0 Å². The van der Waals surface area contributed by atoms with Crippen LogP contribution in [0.5, 0.6) is 0 Å². The molecule has 0 heterocycles. The molecule has 0 aromatic heterocycles. The Morgan fingerprint density at radius 3 is 2.55 bits per heavy atom. The van der Waals surface area contributed by atoms with Gasteiger partial charge in [-0.25, -0.2) is 0 Å². The molecular formula is C16H23ClN2O3. The fourth-order valence-corrected chi connectivity index (χ4v) is 1.94. The van der Waals surface area contributed by atoms with Gasteiger partial charge >= 0.3 is 0 Å². The fourth-order valence-electron chi connectivity index (χ4n) is 1.73. The number of rotatable bonds is 7. The molecule has 0 aliphatic carbocycles. The number of hydrogen-bond donors (Lipinski definition) is 2. The molecule has 0 aliphatic heterocycles. The third kappa shape index (κ3) is 5.66. The highest BCUT2D eigenvalue weighted by Crippen LogP contribution is 2.21. The average Bonchev–Trinajstić information content (AvgIpc) is 2.46. The zero-order valence-corrected chi connectivity index (χ0v) is 14.2. The van der Waals surface area contributed by atoms with Crippen molar-refractivity contribution in [2.24, 2.45) is 5.92 Å². The van der Waals surface area contributed by atoms with E-state index in [1.165, 1.54) is 0 Å². The van der Waals surface area contributed by atoms with E-state index in [1.54, 1.807) is 39.2 Å². The maximum atomic E-state index is 12.3. The summed E-state index contributed by atoms with van der Waals surface area (Å²) in [6.45, 7) is 6.07. The third-order valence-corrected chi connectivity index (χ3v) is 3.46. The molecule has 0 fully saturated rings. The first-order chi connectivity index (χ1) is 10.3. The number of ether oxygens (including phenoxy) is 1. The van der Waals surface area contributed by atoms with Crippen LogP contribution in [0.1, 0.15) is 37.6 Å².